The minimum Gasteiger partial charge on any atom is -0.310 e. The highest BCUT2D eigenvalue weighted by atomic mass is 16.2. The summed E-state index contributed by atoms with van der Waals surface area (Å²) in [7, 11) is 0. The van der Waals surface area contributed by atoms with Crippen LogP contribution in [0, 0.1) is 12.8 Å². The molecule has 0 unspecified atom stereocenters. The molecule has 0 bridgehead atoms. The number of anilines is 1. The largest absolute Gasteiger partial charge is 0.310 e. The molecule has 1 amide bonds. The van der Waals surface area contributed by atoms with Gasteiger partial charge in [0, 0.05) is 31.2 Å². The molecular formula is C19H24N4O. The summed E-state index contributed by atoms with van der Waals surface area (Å²) in [6.07, 6.45) is 6.67. The summed E-state index contributed by atoms with van der Waals surface area (Å²) >= 11 is 0. The second kappa shape index (κ2) is 8.02. The van der Waals surface area contributed by atoms with Crippen molar-refractivity contribution >= 4 is 11.7 Å². The Morgan fingerprint density at radius 3 is 2.92 bits per heavy atom. The SMILES string of the molecule is Cc1cccc(NC(=O)[C@H]2CCCN(CCc3ccncc3)C2)n1. The Balaban J connectivity index is 1.52. The number of pyridine rings is 2. The summed E-state index contributed by atoms with van der Waals surface area (Å²) in [6, 6.07) is 9.79. The molecule has 24 heavy (non-hydrogen) atoms. The van der Waals surface area contributed by atoms with Gasteiger partial charge >= 0.3 is 0 Å². The number of carbonyl (C=O) groups is 1. The van der Waals surface area contributed by atoms with Crippen molar-refractivity contribution in [3.8, 4) is 0 Å². The first-order chi connectivity index (χ1) is 11.7. The zero-order valence-electron chi connectivity index (χ0n) is 14.1. The summed E-state index contributed by atoms with van der Waals surface area (Å²) in [4.78, 5) is 23.3. The summed E-state index contributed by atoms with van der Waals surface area (Å²) < 4.78 is 0. The maximum absolute atomic E-state index is 12.5. The molecule has 0 spiro atoms. The van der Waals surface area contributed by atoms with E-state index in [9.17, 15) is 4.79 Å². The van der Waals surface area contributed by atoms with E-state index in [1.807, 2.05) is 37.5 Å². The van der Waals surface area contributed by atoms with Crippen LogP contribution in [0.25, 0.3) is 0 Å². The molecular weight excluding hydrogens is 300 g/mol. The van der Waals surface area contributed by atoms with Crippen molar-refractivity contribution < 1.29 is 4.79 Å². The van der Waals surface area contributed by atoms with Gasteiger partial charge in [0.1, 0.15) is 5.82 Å². The van der Waals surface area contributed by atoms with Gasteiger partial charge in [0.25, 0.3) is 0 Å². The number of aryl methyl sites for hydroxylation is 1. The smallest absolute Gasteiger partial charge is 0.229 e. The van der Waals surface area contributed by atoms with Crippen LogP contribution in [0.15, 0.2) is 42.7 Å². The minimum atomic E-state index is 0.0403. The van der Waals surface area contributed by atoms with Crippen molar-refractivity contribution in [3.63, 3.8) is 0 Å². The van der Waals surface area contributed by atoms with Gasteiger partial charge in [-0.3, -0.25) is 9.78 Å². The Morgan fingerprint density at radius 1 is 1.29 bits per heavy atom. The van der Waals surface area contributed by atoms with Crippen molar-refractivity contribution in [2.24, 2.45) is 5.92 Å². The van der Waals surface area contributed by atoms with Crippen molar-refractivity contribution in [2.45, 2.75) is 26.2 Å². The van der Waals surface area contributed by atoms with Crippen LogP contribution in [-0.2, 0) is 11.2 Å². The second-order valence-corrected chi connectivity index (χ2v) is 6.40. The molecule has 1 saturated heterocycles. The van der Waals surface area contributed by atoms with Crippen LogP contribution in [-0.4, -0.2) is 40.4 Å². The monoisotopic (exact) mass is 324 g/mol. The molecule has 0 saturated carbocycles. The number of nitrogens with one attached hydrogen (secondary N) is 1. The average Bonchev–Trinajstić information content (AvgIpc) is 2.61. The first-order valence-corrected chi connectivity index (χ1v) is 8.56. The molecule has 1 aliphatic heterocycles. The van der Waals surface area contributed by atoms with Crippen molar-refractivity contribution in [2.75, 3.05) is 25.0 Å². The first-order valence-electron chi connectivity index (χ1n) is 8.56. The fourth-order valence-electron chi connectivity index (χ4n) is 3.15. The van der Waals surface area contributed by atoms with E-state index in [1.165, 1.54) is 5.56 Å². The maximum atomic E-state index is 12.5. The fourth-order valence-corrected chi connectivity index (χ4v) is 3.15. The quantitative estimate of drug-likeness (QED) is 0.919. The molecule has 0 aliphatic carbocycles. The fraction of sp³-hybridized carbons (Fsp3) is 0.421. The molecule has 1 fully saturated rings. The van der Waals surface area contributed by atoms with Crippen molar-refractivity contribution in [1.29, 1.82) is 0 Å². The Labute approximate surface area is 143 Å². The molecule has 5 heteroatoms. The van der Waals surface area contributed by atoms with E-state index in [-0.39, 0.29) is 11.8 Å². The molecule has 0 radical (unpaired) electrons. The van der Waals surface area contributed by atoms with Crippen LogP contribution in [0.5, 0.6) is 0 Å². The maximum Gasteiger partial charge on any atom is 0.229 e. The molecule has 1 aliphatic rings. The lowest BCUT2D eigenvalue weighted by Crippen LogP contribution is -2.41. The van der Waals surface area contributed by atoms with E-state index in [4.69, 9.17) is 0 Å². The number of hydrogen-bond acceptors (Lipinski definition) is 4. The lowest BCUT2D eigenvalue weighted by molar-refractivity contribution is -0.121. The molecule has 2 aromatic rings. The number of carbonyl (C=O) groups excluding carboxylic acids is 1. The third-order valence-electron chi connectivity index (χ3n) is 4.48. The number of amides is 1. The molecule has 1 atom stereocenters. The summed E-state index contributed by atoms with van der Waals surface area (Å²) in [6.45, 7) is 4.80. The van der Waals surface area contributed by atoms with Gasteiger partial charge in [-0.1, -0.05) is 6.07 Å². The first kappa shape index (κ1) is 16.6. The zero-order valence-corrected chi connectivity index (χ0v) is 14.1. The number of rotatable bonds is 5. The van der Waals surface area contributed by atoms with Crippen LogP contribution >= 0.6 is 0 Å². The number of piperidine rings is 1. The average molecular weight is 324 g/mol. The van der Waals surface area contributed by atoms with E-state index >= 15 is 0 Å². The molecule has 3 heterocycles. The van der Waals surface area contributed by atoms with Gasteiger partial charge in [-0.25, -0.2) is 4.98 Å². The van der Waals surface area contributed by atoms with Gasteiger partial charge < -0.3 is 10.2 Å². The van der Waals surface area contributed by atoms with Crippen LogP contribution in [0.2, 0.25) is 0 Å². The molecule has 0 aromatic carbocycles. The van der Waals surface area contributed by atoms with Crippen LogP contribution in [0.1, 0.15) is 24.1 Å². The Hall–Kier alpha value is -2.27. The van der Waals surface area contributed by atoms with Gasteiger partial charge in [-0.2, -0.15) is 0 Å². The molecule has 126 valence electrons. The number of aromatic nitrogens is 2. The highest BCUT2D eigenvalue weighted by Crippen LogP contribution is 2.19. The van der Waals surface area contributed by atoms with E-state index in [0.717, 1.165) is 44.6 Å². The van der Waals surface area contributed by atoms with E-state index in [2.05, 4.69) is 32.3 Å². The van der Waals surface area contributed by atoms with E-state index in [1.54, 1.807) is 0 Å². The standard InChI is InChI=1S/C19H24N4O/c1-15-4-2-6-18(21-15)22-19(24)17-5-3-12-23(14-17)13-9-16-7-10-20-11-8-16/h2,4,6-8,10-11,17H,3,5,9,12-14H2,1H3,(H,21,22,24)/t17-/m0/s1. The Kier molecular flexibility index (Phi) is 5.54. The Bertz CT molecular complexity index is 674. The van der Waals surface area contributed by atoms with E-state index < -0.39 is 0 Å². The van der Waals surface area contributed by atoms with Gasteiger partial charge in [0.2, 0.25) is 5.91 Å². The second-order valence-electron chi connectivity index (χ2n) is 6.40. The lowest BCUT2D eigenvalue weighted by Gasteiger charge is -2.31. The van der Waals surface area contributed by atoms with Crippen molar-refractivity contribution in [1.82, 2.24) is 14.9 Å². The predicted octanol–water partition coefficient (Wildman–Crippen LogP) is 2.68. The third kappa shape index (κ3) is 4.61. The van der Waals surface area contributed by atoms with Gasteiger partial charge in [-0.15, -0.1) is 0 Å². The highest BCUT2D eigenvalue weighted by Gasteiger charge is 2.25. The van der Waals surface area contributed by atoms with Crippen LogP contribution < -0.4 is 5.32 Å². The molecule has 3 rings (SSSR count). The minimum absolute atomic E-state index is 0.0403. The zero-order chi connectivity index (χ0) is 16.8. The summed E-state index contributed by atoms with van der Waals surface area (Å²) in [5, 5.41) is 2.96. The summed E-state index contributed by atoms with van der Waals surface area (Å²) in [5.74, 6) is 0.772. The van der Waals surface area contributed by atoms with Gasteiger partial charge in [0.15, 0.2) is 0 Å². The lowest BCUT2D eigenvalue weighted by atomic mass is 9.96. The van der Waals surface area contributed by atoms with E-state index in [0.29, 0.717) is 5.82 Å². The predicted molar refractivity (Wildman–Crippen MR) is 94.7 cm³/mol. The number of likely N-dealkylation sites (tertiary alicyclic amines) is 1. The molecule has 2 aromatic heterocycles. The highest BCUT2D eigenvalue weighted by molar-refractivity contribution is 5.91. The third-order valence-corrected chi connectivity index (χ3v) is 4.48. The normalized spacial score (nSPS) is 18.3. The molecule has 1 N–H and O–H groups in total. The number of hydrogen-bond donors (Lipinski definition) is 1. The van der Waals surface area contributed by atoms with Crippen LogP contribution in [0.3, 0.4) is 0 Å². The van der Waals surface area contributed by atoms with Gasteiger partial charge in [-0.05, 0) is 62.6 Å². The van der Waals surface area contributed by atoms with Crippen LogP contribution in [0.4, 0.5) is 5.82 Å². The topological polar surface area (TPSA) is 58.1 Å². The summed E-state index contributed by atoms with van der Waals surface area (Å²) in [5.41, 5.74) is 2.20. The van der Waals surface area contributed by atoms with Crippen molar-refractivity contribution in [3.05, 3.63) is 54.0 Å². The van der Waals surface area contributed by atoms with Gasteiger partial charge in [0.05, 0.1) is 5.92 Å². The molecule has 5 nitrogen and oxygen atoms in total. The Morgan fingerprint density at radius 2 is 2.12 bits per heavy atom. The number of nitrogens with zero attached hydrogens (tertiary/aromatic N) is 3.